The summed E-state index contributed by atoms with van der Waals surface area (Å²) in [6.45, 7) is 5.57. The number of hydrogen-bond acceptors (Lipinski definition) is 5. The Bertz CT molecular complexity index is 1060. The fourth-order valence-corrected chi connectivity index (χ4v) is 3.09. The molecule has 0 radical (unpaired) electrons. The van der Waals surface area contributed by atoms with Crippen LogP contribution in [0, 0.1) is 20.8 Å². The second kappa shape index (κ2) is 9.37. The number of rotatable bonds is 7. The Hall–Kier alpha value is -3.45. The van der Waals surface area contributed by atoms with Crippen molar-refractivity contribution in [3.63, 3.8) is 0 Å². The van der Waals surface area contributed by atoms with Crippen LogP contribution in [-0.2, 0) is 19.1 Å². The van der Waals surface area contributed by atoms with E-state index in [2.05, 4.69) is 31.3 Å². The van der Waals surface area contributed by atoms with Crippen LogP contribution in [0.3, 0.4) is 0 Å². The monoisotopic (exact) mass is 407 g/mol. The molecular weight excluding hydrogens is 382 g/mol. The molecule has 2 aromatic carbocycles. The highest BCUT2D eigenvalue weighted by molar-refractivity contribution is 5.93. The lowest BCUT2D eigenvalue weighted by atomic mass is 9.99. The highest BCUT2D eigenvalue weighted by Crippen LogP contribution is 2.29. The van der Waals surface area contributed by atoms with E-state index in [9.17, 15) is 9.59 Å². The summed E-state index contributed by atoms with van der Waals surface area (Å²) in [7, 11) is 1.38. The molecule has 0 fully saturated rings. The fraction of sp³-hybridized carbons (Fsp3) is 0.261. The van der Waals surface area contributed by atoms with Crippen LogP contribution in [0.2, 0.25) is 0 Å². The number of benzene rings is 2. The van der Waals surface area contributed by atoms with Crippen molar-refractivity contribution in [2.75, 3.05) is 25.6 Å². The lowest BCUT2D eigenvalue weighted by Crippen LogP contribution is -2.23. The van der Waals surface area contributed by atoms with E-state index in [0.717, 1.165) is 22.5 Å². The van der Waals surface area contributed by atoms with Crippen molar-refractivity contribution in [3.05, 3.63) is 65.2 Å². The standard InChI is InChI=1S/C23H25N3O4/c1-15-10-17(3)19(11-16(15)2)20-12-21(24-22(27)13-30-23(28)14-29-4)26(25-20)18-8-6-5-7-9-18/h5-12H,13-14H2,1-4H3,(H,24,27). The van der Waals surface area contributed by atoms with E-state index in [1.807, 2.05) is 43.3 Å². The molecule has 0 saturated carbocycles. The van der Waals surface area contributed by atoms with Crippen LogP contribution in [0.25, 0.3) is 16.9 Å². The second-order valence-electron chi connectivity index (χ2n) is 7.06. The van der Waals surface area contributed by atoms with Crippen LogP contribution in [0.4, 0.5) is 5.82 Å². The van der Waals surface area contributed by atoms with Crippen LogP contribution in [0.5, 0.6) is 0 Å². The minimum absolute atomic E-state index is 0.203. The number of ether oxygens (including phenoxy) is 2. The molecule has 1 N–H and O–H groups in total. The maximum atomic E-state index is 12.3. The Balaban J connectivity index is 1.93. The number of nitrogens with one attached hydrogen (secondary N) is 1. The SMILES string of the molecule is COCC(=O)OCC(=O)Nc1cc(-c2cc(C)c(C)cc2C)nn1-c1ccccc1. The molecule has 1 heterocycles. The quantitative estimate of drug-likeness (QED) is 0.605. The molecule has 30 heavy (non-hydrogen) atoms. The Kier molecular flexibility index (Phi) is 6.64. The molecule has 0 unspecified atom stereocenters. The second-order valence-corrected chi connectivity index (χ2v) is 7.06. The molecule has 0 bridgehead atoms. The Morgan fingerprint density at radius 3 is 2.37 bits per heavy atom. The summed E-state index contributed by atoms with van der Waals surface area (Å²) >= 11 is 0. The average Bonchev–Trinajstić information content (AvgIpc) is 3.13. The lowest BCUT2D eigenvalue weighted by Gasteiger charge is -2.09. The number of nitrogens with zero attached hydrogens (tertiary/aromatic N) is 2. The van der Waals surface area contributed by atoms with E-state index in [4.69, 9.17) is 14.6 Å². The smallest absolute Gasteiger partial charge is 0.332 e. The average molecular weight is 407 g/mol. The van der Waals surface area contributed by atoms with Crippen molar-refractivity contribution in [2.24, 2.45) is 0 Å². The van der Waals surface area contributed by atoms with E-state index in [1.54, 1.807) is 4.68 Å². The van der Waals surface area contributed by atoms with Gasteiger partial charge in [-0.1, -0.05) is 24.3 Å². The first-order valence-electron chi connectivity index (χ1n) is 9.57. The molecule has 0 atom stereocenters. The number of anilines is 1. The Morgan fingerprint density at radius 1 is 0.967 bits per heavy atom. The van der Waals surface area contributed by atoms with Gasteiger partial charge in [0.2, 0.25) is 0 Å². The predicted octanol–water partition coefficient (Wildman–Crippen LogP) is 3.59. The molecule has 7 heteroatoms. The molecule has 0 spiro atoms. The van der Waals surface area contributed by atoms with Gasteiger partial charge in [-0.2, -0.15) is 5.10 Å². The van der Waals surface area contributed by atoms with Crippen LogP contribution < -0.4 is 5.32 Å². The van der Waals surface area contributed by atoms with Gasteiger partial charge in [0.05, 0.1) is 11.4 Å². The molecule has 0 aliphatic carbocycles. The largest absolute Gasteiger partial charge is 0.454 e. The summed E-state index contributed by atoms with van der Waals surface area (Å²) in [5.74, 6) is -0.572. The third kappa shape index (κ3) is 4.93. The van der Waals surface area contributed by atoms with Gasteiger partial charge in [0.1, 0.15) is 12.4 Å². The van der Waals surface area contributed by atoms with Crippen molar-refractivity contribution >= 4 is 17.7 Å². The van der Waals surface area contributed by atoms with E-state index >= 15 is 0 Å². The summed E-state index contributed by atoms with van der Waals surface area (Å²) in [5.41, 5.74) is 6.02. The molecule has 3 rings (SSSR count). The van der Waals surface area contributed by atoms with Crippen LogP contribution >= 0.6 is 0 Å². The first-order chi connectivity index (χ1) is 14.4. The number of hydrogen-bond donors (Lipinski definition) is 1. The maximum absolute atomic E-state index is 12.3. The number of aromatic nitrogens is 2. The Morgan fingerprint density at radius 2 is 1.67 bits per heavy atom. The Labute approximate surface area is 175 Å². The molecular formula is C23H25N3O4. The molecule has 7 nitrogen and oxygen atoms in total. The molecule has 3 aromatic rings. The zero-order valence-corrected chi connectivity index (χ0v) is 17.6. The molecule has 156 valence electrons. The first-order valence-corrected chi connectivity index (χ1v) is 9.57. The summed E-state index contributed by atoms with van der Waals surface area (Å²) < 4.78 is 11.3. The zero-order valence-electron chi connectivity index (χ0n) is 17.6. The van der Waals surface area contributed by atoms with Gasteiger partial charge in [0.25, 0.3) is 5.91 Å². The summed E-state index contributed by atoms with van der Waals surface area (Å²) in [5, 5.41) is 7.52. The number of carbonyl (C=O) groups excluding carboxylic acids is 2. The van der Waals surface area contributed by atoms with Gasteiger partial charge in [-0.3, -0.25) is 4.79 Å². The van der Waals surface area contributed by atoms with E-state index in [-0.39, 0.29) is 6.61 Å². The highest BCUT2D eigenvalue weighted by atomic mass is 16.6. The minimum Gasteiger partial charge on any atom is -0.454 e. The number of aryl methyl sites for hydroxylation is 3. The third-order valence-corrected chi connectivity index (χ3v) is 4.72. The van der Waals surface area contributed by atoms with Gasteiger partial charge in [0.15, 0.2) is 6.61 Å². The number of methoxy groups -OCH3 is 1. The van der Waals surface area contributed by atoms with Crippen LogP contribution in [0.1, 0.15) is 16.7 Å². The predicted molar refractivity (Wildman–Crippen MR) is 115 cm³/mol. The third-order valence-electron chi connectivity index (χ3n) is 4.72. The first kappa shape index (κ1) is 21.3. The summed E-state index contributed by atoms with van der Waals surface area (Å²) in [4.78, 5) is 23.8. The summed E-state index contributed by atoms with van der Waals surface area (Å²) in [6.07, 6.45) is 0. The van der Waals surface area contributed by atoms with Crippen molar-refractivity contribution < 1.29 is 19.1 Å². The lowest BCUT2D eigenvalue weighted by molar-refractivity contribution is -0.150. The van der Waals surface area contributed by atoms with E-state index in [0.29, 0.717) is 5.82 Å². The highest BCUT2D eigenvalue weighted by Gasteiger charge is 2.16. The van der Waals surface area contributed by atoms with Gasteiger partial charge in [0, 0.05) is 18.7 Å². The van der Waals surface area contributed by atoms with Gasteiger partial charge < -0.3 is 14.8 Å². The zero-order chi connectivity index (χ0) is 21.7. The topological polar surface area (TPSA) is 82.4 Å². The van der Waals surface area contributed by atoms with Crippen molar-refractivity contribution in [1.29, 1.82) is 0 Å². The number of amides is 1. The molecule has 0 saturated heterocycles. The summed E-state index contributed by atoms with van der Waals surface area (Å²) in [6, 6.07) is 15.6. The van der Waals surface area contributed by atoms with E-state index < -0.39 is 18.5 Å². The molecule has 0 aliphatic rings. The van der Waals surface area contributed by atoms with Gasteiger partial charge in [-0.25, -0.2) is 9.48 Å². The van der Waals surface area contributed by atoms with Crippen LogP contribution in [-0.4, -0.2) is 42.0 Å². The fourth-order valence-electron chi connectivity index (χ4n) is 3.09. The molecule has 1 amide bonds. The van der Waals surface area contributed by atoms with Crippen LogP contribution in [0.15, 0.2) is 48.5 Å². The number of carbonyl (C=O) groups is 2. The van der Waals surface area contributed by atoms with E-state index in [1.165, 1.54) is 18.2 Å². The maximum Gasteiger partial charge on any atom is 0.332 e. The van der Waals surface area contributed by atoms with Crippen molar-refractivity contribution in [2.45, 2.75) is 20.8 Å². The number of para-hydroxylation sites is 1. The number of esters is 1. The van der Waals surface area contributed by atoms with Crippen molar-refractivity contribution in [3.8, 4) is 16.9 Å². The molecule has 0 aliphatic heterocycles. The van der Waals surface area contributed by atoms with Gasteiger partial charge >= 0.3 is 5.97 Å². The van der Waals surface area contributed by atoms with Gasteiger partial charge in [-0.05, 0) is 55.7 Å². The molecule has 1 aromatic heterocycles. The normalized spacial score (nSPS) is 10.7. The van der Waals surface area contributed by atoms with Gasteiger partial charge in [-0.15, -0.1) is 0 Å². The minimum atomic E-state index is -0.601. The van der Waals surface area contributed by atoms with Crippen molar-refractivity contribution in [1.82, 2.24) is 9.78 Å².